The van der Waals surface area contributed by atoms with Gasteiger partial charge in [0.15, 0.2) is 0 Å². The van der Waals surface area contributed by atoms with Gasteiger partial charge < -0.3 is 4.74 Å². The van der Waals surface area contributed by atoms with E-state index in [2.05, 4.69) is 0 Å². The van der Waals surface area contributed by atoms with Crippen molar-refractivity contribution in [3.63, 3.8) is 0 Å². The predicted molar refractivity (Wildman–Crippen MR) is 56.5 cm³/mol. The van der Waals surface area contributed by atoms with Gasteiger partial charge in [0, 0.05) is 12.3 Å². The van der Waals surface area contributed by atoms with Crippen molar-refractivity contribution in [1.82, 2.24) is 0 Å². The molecule has 0 saturated heterocycles. The van der Waals surface area contributed by atoms with Crippen LogP contribution in [0.5, 0.6) is 5.75 Å². The Morgan fingerprint density at radius 3 is 2.29 bits per heavy atom. The average molecular weight is 192 g/mol. The summed E-state index contributed by atoms with van der Waals surface area (Å²) in [5.74, 6) is 1.21. The van der Waals surface area contributed by atoms with Crippen LogP contribution >= 0.6 is 0 Å². The molecule has 0 aliphatic rings. The van der Waals surface area contributed by atoms with Gasteiger partial charge in [0.05, 0.1) is 7.11 Å². The molecular formula is C12H16O2. The van der Waals surface area contributed by atoms with Crippen molar-refractivity contribution in [2.45, 2.75) is 20.3 Å². The van der Waals surface area contributed by atoms with Crippen molar-refractivity contribution in [1.29, 1.82) is 0 Å². The fourth-order valence-corrected chi connectivity index (χ4v) is 1.15. The first kappa shape index (κ1) is 10.8. The first-order valence-corrected chi connectivity index (χ1v) is 4.79. The van der Waals surface area contributed by atoms with Crippen LogP contribution in [0.2, 0.25) is 0 Å². The van der Waals surface area contributed by atoms with Crippen LogP contribution in [0.25, 0.3) is 0 Å². The van der Waals surface area contributed by atoms with E-state index in [4.69, 9.17) is 4.74 Å². The molecule has 1 rings (SSSR count). The van der Waals surface area contributed by atoms with Crippen LogP contribution in [0.15, 0.2) is 24.3 Å². The molecule has 0 aliphatic heterocycles. The number of carbonyl (C=O) groups is 1. The molecule has 0 heterocycles. The Balaban J connectivity index is 2.64. The number of hydrogen-bond acceptors (Lipinski definition) is 2. The highest BCUT2D eigenvalue weighted by Gasteiger charge is 2.07. The Morgan fingerprint density at radius 1 is 1.29 bits per heavy atom. The molecule has 0 aliphatic carbocycles. The average Bonchev–Trinajstić information content (AvgIpc) is 2.19. The van der Waals surface area contributed by atoms with Gasteiger partial charge in [0.1, 0.15) is 11.5 Å². The summed E-state index contributed by atoms with van der Waals surface area (Å²) in [4.78, 5) is 11.4. The first-order chi connectivity index (χ1) is 6.63. The largest absolute Gasteiger partial charge is 0.497 e. The van der Waals surface area contributed by atoms with E-state index in [1.54, 1.807) is 7.11 Å². The van der Waals surface area contributed by atoms with Gasteiger partial charge in [-0.15, -0.1) is 0 Å². The second-order valence-electron chi connectivity index (χ2n) is 3.65. The highest BCUT2D eigenvalue weighted by molar-refractivity contribution is 5.82. The van der Waals surface area contributed by atoms with Crippen molar-refractivity contribution in [2.75, 3.05) is 7.11 Å². The van der Waals surface area contributed by atoms with E-state index < -0.39 is 0 Å². The van der Waals surface area contributed by atoms with E-state index in [1.807, 2.05) is 38.1 Å². The molecule has 1 aromatic rings. The van der Waals surface area contributed by atoms with Crippen LogP contribution < -0.4 is 4.74 Å². The van der Waals surface area contributed by atoms with Gasteiger partial charge in [-0.1, -0.05) is 26.0 Å². The van der Waals surface area contributed by atoms with E-state index >= 15 is 0 Å². The van der Waals surface area contributed by atoms with Crippen LogP contribution in [0.3, 0.4) is 0 Å². The summed E-state index contributed by atoms with van der Waals surface area (Å²) in [6.07, 6.45) is 0.516. The van der Waals surface area contributed by atoms with Crippen LogP contribution in [-0.4, -0.2) is 12.9 Å². The van der Waals surface area contributed by atoms with Crippen molar-refractivity contribution in [2.24, 2.45) is 5.92 Å². The van der Waals surface area contributed by atoms with Gasteiger partial charge in [-0.25, -0.2) is 0 Å². The number of rotatable bonds is 4. The van der Waals surface area contributed by atoms with Crippen LogP contribution in [0.4, 0.5) is 0 Å². The zero-order valence-corrected chi connectivity index (χ0v) is 8.91. The van der Waals surface area contributed by atoms with Crippen molar-refractivity contribution in [3.8, 4) is 5.75 Å². The highest BCUT2D eigenvalue weighted by atomic mass is 16.5. The number of Topliss-reactive ketones (excluding diaryl/α,β-unsaturated/α-hetero) is 1. The molecule has 0 fully saturated rings. The zero-order valence-electron chi connectivity index (χ0n) is 8.91. The lowest BCUT2D eigenvalue weighted by Gasteiger charge is -2.05. The van der Waals surface area contributed by atoms with E-state index in [0.29, 0.717) is 6.42 Å². The minimum Gasteiger partial charge on any atom is -0.497 e. The summed E-state index contributed by atoms with van der Waals surface area (Å²) in [6, 6.07) is 7.62. The second-order valence-corrected chi connectivity index (χ2v) is 3.65. The van der Waals surface area contributed by atoms with E-state index in [-0.39, 0.29) is 11.7 Å². The molecule has 0 radical (unpaired) electrons. The SMILES string of the molecule is COc1ccc(CC(=O)C(C)C)cc1. The predicted octanol–water partition coefficient (Wildman–Crippen LogP) is 2.46. The molecule has 14 heavy (non-hydrogen) atoms. The lowest BCUT2D eigenvalue weighted by molar-refractivity contribution is -0.121. The third kappa shape index (κ3) is 2.87. The molecule has 0 atom stereocenters. The number of hydrogen-bond donors (Lipinski definition) is 0. The quantitative estimate of drug-likeness (QED) is 0.732. The molecular weight excluding hydrogens is 176 g/mol. The Labute approximate surface area is 84.9 Å². The Bertz CT molecular complexity index is 299. The van der Waals surface area contributed by atoms with Crippen LogP contribution in [0, 0.1) is 5.92 Å². The molecule has 0 spiro atoms. The third-order valence-electron chi connectivity index (χ3n) is 2.18. The number of benzene rings is 1. The number of methoxy groups -OCH3 is 1. The Kier molecular flexibility index (Phi) is 3.69. The van der Waals surface area contributed by atoms with Crippen molar-refractivity contribution in [3.05, 3.63) is 29.8 Å². The number of carbonyl (C=O) groups excluding carboxylic acids is 1. The van der Waals surface area contributed by atoms with Crippen molar-refractivity contribution < 1.29 is 9.53 Å². The molecule has 2 heteroatoms. The summed E-state index contributed by atoms with van der Waals surface area (Å²) >= 11 is 0. The lowest BCUT2D eigenvalue weighted by atomic mass is 10.0. The molecule has 0 saturated carbocycles. The second kappa shape index (κ2) is 4.80. The molecule has 0 bridgehead atoms. The van der Waals surface area contributed by atoms with Gasteiger partial charge in [0.25, 0.3) is 0 Å². The lowest BCUT2D eigenvalue weighted by Crippen LogP contribution is -2.09. The van der Waals surface area contributed by atoms with Crippen LogP contribution in [0.1, 0.15) is 19.4 Å². The summed E-state index contributed by atoms with van der Waals surface area (Å²) in [6.45, 7) is 3.84. The molecule has 0 N–H and O–H groups in total. The fraction of sp³-hybridized carbons (Fsp3) is 0.417. The van der Waals surface area contributed by atoms with E-state index in [0.717, 1.165) is 11.3 Å². The fourth-order valence-electron chi connectivity index (χ4n) is 1.15. The smallest absolute Gasteiger partial charge is 0.139 e. The number of ketones is 1. The van der Waals surface area contributed by atoms with Crippen molar-refractivity contribution >= 4 is 5.78 Å². The maximum atomic E-state index is 11.4. The van der Waals surface area contributed by atoms with Crippen LogP contribution in [-0.2, 0) is 11.2 Å². The zero-order chi connectivity index (χ0) is 10.6. The molecule has 0 amide bonds. The molecule has 2 nitrogen and oxygen atoms in total. The summed E-state index contributed by atoms with van der Waals surface area (Å²) < 4.78 is 5.04. The Morgan fingerprint density at radius 2 is 1.86 bits per heavy atom. The van der Waals surface area contributed by atoms with Gasteiger partial charge in [-0.3, -0.25) is 4.79 Å². The standard InChI is InChI=1S/C12H16O2/c1-9(2)12(13)8-10-4-6-11(14-3)7-5-10/h4-7,9H,8H2,1-3H3. The van der Waals surface area contributed by atoms with Gasteiger partial charge in [-0.05, 0) is 17.7 Å². The summed E-state index contributed by atoms with van der Waals surface area (Å²) in [7, 11) is 1.63. The third-order valence-corrected chi connectivity index (χ3v) is 2.18. The minimum absolute atomic E-state index is 0.108. The molecule has 0 unspecified atom stereocenters. The maximum Gasteiger partial charge on any atom is 0.139 e. The highest BCUT2D eigenvalue weighted by Crippen LogP contribution is 2.12. The van der Waals surface area contributed by atoms with Gasteiger partial charge >= 0.3 is 0 Å². The normalized spacial score (nSPS) is 10.3. The summed E-state index contributed by atoms with van der Waals surface area (Å²) in [5.41, 5.74) is 1.05. The van der Waals surface area contributed by atoms with Gasteiger partial charge in [0.2, 0.25) is 0 Å². The van der Waals surface area contributed by atoms with E-state index in [1.165, 1.54) is 0 Å². The monoisotopic (exact) mass is 192 g/mol. The molecule has 1 aromatic carbocycles. The number of ether oxygens (including phenoxy) is 1. The topological polar surface area (TPSA) is 26.3 Å². The Hall–Kier alpha value is -1.31. The minimum atomic E-state index is 0.108. The summed E-state index contributed by atoms with van der Waals surface area (Å²) in [5, 5.41) is 0. The molecule has 76 valence electrons. The van der Waals surface area contributed by atoms with Gasteiger partial charge in [-0.2, -0.15) is 0 Å². The maximum absolute atomic E-state index is 11.4. The first-order valence-electron chi connectivity index (χ1n) is 4.79. The van der Waals surface area contributed by atoms with E-state index in [9.17, 15) is 4.79 Å². The molecule has 0 aromatic heterocycles.